The summed E-state index contributed by atoms with van der Waals surface area (Å²) in [5, 5.41) is 18.6. The van der Waals surface area contributed by atoms with E-state index >= 15 is 0 Å². The fraction of sp³-hybridized carbons (Fsp3) is 0.500. The molecule has 0 aliphatic carbocycles. The smallest absolute Gasteiger partial charge is 0.393 e. The molecule has 0 aliphatic heterocycles. The van der Waals surface area contributed by atoms with Crippen LogP contribution >= 0.6 is 0 Å². The van der Waals surface area contributed by atoms with Gasteiger partial charge in [0.25, 0.3) is 0 Å². The molecule has 113 valence electrons. The van der Waals surface area contributed by atoms with Crippen molar-refractivity contribution < 1.29 is 29.7 Å². The first kappa shape index (κ1) is 23.8. The van der Waals surface area contributed by atoms with Crippen molar-refractivity contribution in [3.63, 3.8) is 0 Å². The second-order valence-corrected chi connectivity index (χ2v) is 4.17. The summed E-state index contributed by atoms with van der Waals surface area (Å²) in [4.78, 5) is 0. The topological polar surface area (TPSA) is 40.5 Å². The van der Waals surface area contributed by atoms with Crippen molar-refractivity contribution in [2.75, 3.05) is 0 Å². The average molecular weight is 355 g/mol. The molecular weight excluding hydrogens is 327 g/mol. The Bertz CT molecular complexity index is 248. The molecule has 0 heterocycles. The maximum atomic E-state index is 9.53. The number of hydrogen-bond donors (Lipinski definition) is 2. The van der Waals surface area contributed by atoms with Gasteiger partial charge in [0.05, 0.1) is 12.2 Å². The Labute approximate surface area is 132 Å². The van der Waals surface area contributed by atoms with E-state index in [2.05, 4.69) is 0 Å². The molecule has 2 atom stereocenters. The third-order valence-electron chi connectivity index (χ3n) is 1.75. The van der Waals surface area contributed by atoms with Gasteiger partial charge in [-0.3, -0.25) is 0 Å². The Morgan fingerprint density at radius 3 is 1.63 bits per heavy atom. The summed E-state index contributed by atoms with van der Waals surface area (Å²) >= 11 is 0. The fourth-order valence-corrected chi connectivity index (χ4v) is 1.13. The first-order valence-electron chi connectivity index (χ1n) is 6.42. The standard InChI is InChI=1S/C10H14O2.2C3H7.Rh/c1-8(11)7-10(12)9-5-3-2-4-6-9;2*1-3-2;/h2-6,8,10-12H,7H2,1H3;2*3H,1-2H3;/q;2*-1;+2. The van der Waals surface area contributed by atoms with Crippen LogP contribution in [0.1, 0.15) is 52.7 Å². The summed E-state index contributed by atoms with van der Waals surface area (Å²) in [6.07, 6.45) is 3.38. The number of benzene rings is 1. The first-order valence-corrected chi connectivity index (χ1v) is 6.42. The van der Waals surface area contributed by atoms with Gasteiger partial charge in [-0.15, -0.1) is 0 Å². The monoisotopic (exact) mass is 355 g/mol. The molecule has 2 unspecified atom stereocenters. The second-order valence-electron chi connectivity index (χ2n) is 4.17. The van der Waals surface area contributed by atoms with Crippen LogP contribution in [0.15, 0.2) is 30.3 Å². The molecular formula is C16H28O2Rh. The van der Waals surface area contributed by atoms with E-state index in [1.54, 1.807) is 6.92 Å². The Morgan fingerprint density at radius 2 is 1.32 bits per heavy atom. The number of hydrogen-bond acceptors (Lipinski definition) is 2. The molecule has 0 fully saturated rings. The van der Waals surface area contributed by atoms with Crippen molar-refractivity contribution in [1.29, 1.82) is 0 Å². The van der Waals surface area contributed by atoms with Crippen molar-refractivity contribution in [3.05, 3.63) is 48.7 Å². The summed E-state index contributed by atoms with van der Waals surface area (Å²) in [7, 11) is 0. The summed E-state index contributed by atoms with van der Waals surface area (Å²) in [6, 6.07) is 9.36. The Morgan fingerprint density at radius 1 is 0.947 bits per heavy atom. The fourth-order valence-electron chi connectivity index (χ4n) is 1.13. The minimum absolute atomic E-state index is 0. The van der Waals surface area contributed by atoms with Crippen molar-refractivity contribution >= 4 is 0 Å². The van der Waals surface area contributed by atoms with Crippen molar-refractivity contribution in [3.8, 4) is 0 Å². The van der Waals surface area contributed by atoms with E-state index in [4.69, 9.17) is 5.11 Å². The van der Waals surface area contributed by atoms with Crippen LogP contribution in [-0.4, -0.2) is 16.3 Å². The van der Waals surface area contributed by atoms with Gasteiger partial charge in [0.15, 0.2) is 0 Å². The zero-order chi connectivity index (χ0) is 14.4. The first-order chi connectivity index (χ1) is 8.53. The predicted octanol–water partition coefficient (Wildman–Crippen LogP) is 3.95. The van der Waals surface area contributed by atoms with Gasteiger partial charge in [-0.05, 0) is 12.5 Å². The number of rotatable bonds is 3. The number of aliphatic hydroxyl groups excluding tert-OH is 2. The van der Waals surface area contributed by atoms with Crippen LogP contribution in [0.5, 0.6) is 0 Å². The molecule has 1 radical (unpaired) electrons. The maximum absolute atomic E-state index is 9.53. The molecule has 3 heteroatoms. The molecule has 1 aromatic rings. The van der Waals surface area contributed by atoms with E-state index in [0.29, 0.717) is 6.42 Å². The van der Waals surface area contributed by atoms with E-state index in [-0.39, 0.29) is 19.5 Å². The molecule has 0 spiro atoms. The van der Waals surface area contributed by atoms with E-state index in [1.807, 2.05) is 70.9 Å². The van der Waals surface area contributed by atoms with E-state index in [9.17, 15) is 5.11 Å². The van der Waals surface area contributed by atoms with Crippen molar-refractivity contribution in [1.82, 2.24) is 0 Å². The molecule has 1 aromatic carbocycles. The Hall–Kier alpha value is -0.237. The third-order valence-corrected chi connectivity index (χ3v) is 1.75. The van der Waals surface area contributed by atoms with Gasteiger partial charge >= 0.3 is 19.5 Å². The van der Waals surface area contributed by atoms with Crippen LogP contribution in [0.3, 0.4) is 0 Å². The minimum atomic E-state index is -0.550. The molecule has 0 aliphatic rings. The summed E-state index contributed by atoms with van der Waals surface area (Å²) < 4.78 is 0. The molecule has 0 aromatic heterocycles. The molecule has 2 N–H and O–H groups in total. The van der Waals surface area contributed by atoms with Crippen LogP contribution in [0.4, 0.5) is 0 Å². The van der Waals surface area contributed by atoms with Crippen LogP contribution < -0.4 is 0 Å². The zero-order valence-electron chi connectivity index (χ0n) is 12.6. The summed E-state index contributed by atoms with van der Waals surface area (Å²) in [5.74, 6) is 0. The van der Waals surface area contributed by atoms with Crippen LogP contribution in [0, 0.1) is 12.8 Å². The van der Waals surface area contributed by atoms with E-state index < -0.39 is 12.2 Å². The van der Waals surface area contributed by atoms with E-state index in [0.717, 1.165) is 5.56 Å². The molecule has 0 saturated heterocycles. The average Bonchev–Trinajstić information content (AvgIpc) is 2.31. The van der Waals surface area contributed by atoms with Crippen molar-refractivity contribution in [2.45, 2.75) is 53.2 Å². The van der Waals surface area contributed by atoms with Crippen LogP contribution in [0.25, 0.3) is 0 Å². The largest absolute Gasteiger partial charge is 2.00 e. The maximum Gasteiger partial charge on any atom is 2.00 e. The zero-order valence-corrected chi connectivity index (χ0v) is 14.3. The SMILES string of the molecule is CC(O)CC(O)c1ccccc1.C[CH-]C.C[CH-]C.[Rh+2]. The van der Waals surface area contributed by atoms with Gasteiger partial charge in [0.2, 0.25) is 0 Å². The van der Waals surface area contributed by atoms with Gasteiger partial charge in [0.1, 0.15) is 0 Å². The summed E-state index contributed by atoms with van der Waals surface area (Å²) in [6.45, 7) is 9.67. The van der Waals surface area contributed by atoms with Gasteiger partial charge < -0.3 is 23.1 Å². The Balaban J connectivity index is -0.000000314. The molecule has 0 saturated carbocycles. The normalized spacial score (nSPS) is 11.7. The second kappa shape index (κ2) is 17.8. The van der Waals surface area contributed by atoms with Crippen LogP contribution in [-0.2, 0) is 19.5 Å². The molecule has 1 rings (SSSR count). The molecule has 0 amide bonds. The predicted molar refractivity (Wildman–Crippen MR) is 79.0 cm³/mol. The molecule has 19 heavy (non-hydrogen) atoms. The van der Waals surface area contributed by atoms with Gasteiger partial charge in [-0.1, -0.05) is 30.3 Å². The van der Waals surface area contributed by atoms with E-state index in [1.165, 1.54) is 0 Å². The quantitative estimate of drug-likeness (QED) is 0.637. The van der Waals surface area contributed by atoms with Gasteiger partial charge in [-0.2, -0.15) is 27.7 Å². The van der Waals surface area contributed by atoms with Crippen LogP contribution in [0.2, 0.25) is 0 Å². The Kier molecular flexibility index (Phi) is 22.3. The minimum Gasteiger partial charge on any atom is -0.393 e. The molecule has 2 nitrogen and oxygen atoms in total. The molecule has 0 bridgehead atoms. The van der Waals surface area contributed by atoms with Crippen molar-refractivity contribution in [2.24, 2.45) is 0 Å². The third kappa shape index (κ3) is 17.8. The number of aliphatic hydroxyl groups is 2. The van der Waals surface area contributed by atoms with Gasteiger partial charge in [-0.25, -0.2) is 0 Å². The summed E-state index contributed by atoms with van der Waals surface area (Å²) in [5.41, 5.74) is 0.860. The van der Waals surface area contributed by atoms with Gasteiger partial charge in [0, 0.05) is 6.42 Å².